The molecule has 1 aliphatic heterocycles. The number of aromatic nitrogens is 2. The Morgan fingerprint density at radius 2 is 1.71 bits per heavy atom. The molecule has 176 valence electrons. The van der Waals surface area contributed by atoms with E-state index in [1.54, 1.807) is 0 Å². The Bertz CT molecular complexity index is 1280. The minimum Gasteiger partial charge on any atom is -0.454 e. The molecule has 0 radical (unpaired) electrons. The first-order valence-corrected chi connectivity index (χ1v) is 11.9. The van der Waals surface area contributed by atoms with Gasteiger partial charge in [0.2, 0.25) is 0 Å². The van der Waals surface area contributed by atoms with Crippen molar-refractivity contribution in [2.24, 2.45) is 5.73 Å². The maximum Gasteiger partial charge on any atom is 0.156 e. The van der Waals surface area contributed by atoms with Crippen LogP contribution < -0.4 is 11.5 Å². The van der Waals surface area contributed by atoms with Gasteiger partial charge in [0.05, 0.1) is 22.8 Å². The molecule has 0 aliphatic carbocycles. The standard InChI is InChI=1S/C26H29ClN6O/c1-31-11-13-32(14-12-31)15-16-33-26(29)22(23(27)24(28)18-7-3-2-4-8-18)25(30-33)21-17-19-9-5-6-10-20(19)34-21/h2-10,17H,11-16,28-29H2,1H3/b24-23+. The molecule has 4 N–H and O–H groups in total. The number of hydrogen-bond donors (Lipinski definition) is 2. The molecule has 1 aliphatic rings. The van der Waals surface area contributed by atoms with E-state index in [2.05, 4.69) is 16.8 Å². The molecule has 5 rings (SSSR count). The molecule has 8 heteroatoms. The van der Waals surface area contributed by atoms with E-state index in [-0.39, 0.29) is 0 Å². The van der Waals surface area contributed by atoms with E-state index >= 15 is 0 Å². The second-order valence-corrected chi connectivity index (χ2v) is 9.10. The molecular formula is C26H29ClN6O. The number of nitrogen functional groups attached to an aromatic ring is 1. The molecule has 1 fully saturated rings. The SMILES string of the molecule is CN1CCN(CCn2nc(-c3cc4ccccc4o3)c(/C(Cl)=C(\N)c3ccccc3)c2N)CC1. The Morgan fingerprint density at radius 3 is 2.44 bits per heavy atom. The van der Waals surface area contributed by atoms with E-state index in [1.807, 2.05) is 65.3 Å². The summed E-state index contributed by atoms with van der Waals surface area (Å²) in [7, 11) is 2.15. The normalized spacial score (nSPS) is 16.2. The summed E-state index contributed by atoms with van der Waals surface area (Å²) in [5.74, 6) is 1.09. The van der Waals surface area contributed by atoms with E-state index in [1.165, 1.54) is 0 Å². The van der Waals surface area contributed by atoms with Gasteiger partial charge in [0.15, 0.2) is 5.76 Å². The second-order valence-electron chi connectivity index (χ2n) is 8.72. The van der Waals surface area contributed by atoms with Crippen LogP contribution in [-0.4, -0.2) is 59.4 Å². The number of halogens is 1. The van der Waals surface area contributed by atoms with Gasteiger partial charge in [-0.2, -0.15) is 5.10 Å². The molecule has 3 heterocycles. The highest BCUT2D eigenvalue weighted by atomic mass is 35.5. The Labute approximate surface area is 204 Å². The number of benzene rings is 2. The lowest BCUT2D eigenvalue weighted by Gasteiger charge is -2.32. The fourth-order valence-corrected chi connectivity index (χ4v) is 4.61. The number of likely N-dealkylation sites (N-methyl/N-ethyl adjacent to an activating group) is 1. The van der Waals surface area contributed by atoms with Gasteiger partial charge in [-0.05, 0) is 24.7 Å². The van der Waals surface area contributed by atoms with Crippen molar-refractivity contribution >= 4 is 39.1 Å². The summed E-state index contributed by atoms with van der Waals surface area (Å²) >= 11 is 6.89. The number of nitrogens with zero attached hydrogens (tertiary/aromatic N) is 4. The minimum absolute atomic E-state index is 0.366. The van der Waals surface area contributed by atoms with Gasteiger partial charge >= 0.3 is 0 Å². The van der Waals surface area contributed by atoms with Crippen LogP contribution in [-0.2, 0) is 6.54 Å². The Hall–Kier alpha value is -3.26. The third-order valence-corrected chi connectivity index (χ3v) is 6.81. The quantitative estimate of drug-likeness (QED) is 0.434. The van der Waals surface area contributed by atoms with Gasteiger partial charge in [-0.25, -0.2) is 4.68 Å². The summed E-state index contributed by atoms with van der Waals surface area (Å²) in [4.78, 5) is 4.77. The molecule has 2 aromatic carbocycles. The molecule has 0 amide bonds. The smallest absolute Gasteiger partial charge is 0.156 e. The van der Waals surface area contributed by atoms with Crippen LogP contribution in [0.25, 0.3) is 33.2 Å². The minimum atomic E-state index is 0.366. The van der Waals surface area contributed by atoms with Crippen LogP contribution in [0.2, 0.25) is 0 Å². The van der Waals surface area contributed by atoms with Gasteiger partial charge < -0.3 is 20.8 Å². The van der Waals surface area contributed by atoms with Gasteiger partial charge in [0, 0.05) is 38.1 Å². The van der Waals surface area contributed by atoms with Crippen molar-refractivity contribution in [2.75, 3.05) is 45.5 Å². The Balaban J connectivity index is 1.55. The number of nitrogens with two attached hydrogens (primary N) is 2. The van der Waals surface area contributed by atoms with Gasteiger partial charge in [-0.15, -0.1) is 0 Å². The van der Waals surface area contributed by atoms with Crippen molar-refractivity contribution in [2.45, 2.75) is 6.54 Å². The molecule has 0 atom stereocenters. The molecule has 2 aromatic heterocycles. The number of hydrogen-bond acceptors (Lipinski definition) is 6. The van der Waals surface area contributed by atoms with Crippen LogP contribution in [0.5, 0.6) is 0 Å². The highest BCUT2D eigenvalue weighted by Crippen LogP contribution is 2.39. The van der Waals surface area contributed by atoms with Crippen molar-refractivity contribution < 1.29 is 4.42 Å². The van der Waals surface area contributed by atoms with Crippen molar-refractivity contribution in [3.05, 3.63) is 71.8 Å². The monoisotopic (exact) mass is 476 g/mol. The van der Waals surface area contributed by atoms with Gasteiger partial charge in [0.1, 0.15) is 17.1 Å². The van der Waals surface area contributed by atoms with Crippen LogP contribution in [0.4, 0.5) is 5.82 Å². The number of anilines is 1. The summed E-state index contributed by atoms with van der Waals surface area (Å²) < 4.78 is 7.95. The Kier molecular flexibility index (Phi) is 6.32. The van der Waals surface area contributed by atoms with Crippen LogP contribution >= 0.6 is 11.6 Å². The topological polar surface area (TPSA) is 89.5 Å². The average Bonchev–Trinajstić information content (AvgIpc) is 3.44. The summed E-state index contributed by atoms with van der Waals surface area (Å²) in [5.41, 5.74) is 16.4. The lowest BCUT2D eigenvalue weighted by molar-refractivity contribution is 0.149. The predicted molar refractivity (Wildman–Crippen MR) is 139 cm³/mol. The van der Waals surface area contributed by atoms with Gasteiger partial charge in [-0.1, -0.05) is 60.1 Å². The molecule has 0 bridgehead atoms. The van der Waals surface area contributed by atoms with Crippen molar-refractivity contribution in [1.29, 1.82) is 0 Å². The number of piperazine rings is 1. The third-order valence-electron chi connectivity index (χ3n) is 6.42. The number of rotatable bonds is 6. The summed E-state index contributed by atoms with van der Waals surface area (Å²) in [6.45, 7) is 5.69. The van der Waals surface area contributed by atoms with E-state index in [9.17, 15) is 0 Å². The first kappa shape index (κ1) is 22.5. The molecule has 34 heavy (non-hydrogen) atoms. The fourth-order valence-electron chi connectivity index (χ4n) is 4.32. The van der Waals surface area contributed by atoms with E-state index < -0.39 is 0 Å². The maximum atomic E-state index is 6.89. The Morgan fingerprint density at radius 1 is 1.00 bits per heavy atom. The molecule has 0 saturated carbocycles. The zero-order chi connectivity index (χ0) is 23.7. The van der Waals surface area contributed by atoms with Crippen molar-refractivity contribution in [3.63, 3.8) is 0 Å². The molecule has 0 spiro atoms. The summed E-state index contributed by atoms with van der Waals surface area (Å²) in [6.07, 6.45) is 0. The number of furan rings is 1. The molecule has 0 unspecified atom stereocenters. The van der Waals surface area contributed by atoms with E-state index in [0.717, 1.165) is 49.3 Å². The van der Waals surface area contributed by atoms with Crippen LogP contribution in [0.15, 0.2) is 65.1 Å². The van der Waals surface area contributed by atoms with Crippen LogP contribution in [0.3, 0.4) is 0 Å². The highest BCUT2D eigenvalue weighted by Gasteiger charge is 2.25. The van der Waals surface area contributed by atoms with Crippen molar-refractivity contribution in [3.8, 4) is 11.5 Å². The van der Waals surface area contributed by atoms with Crippen LogP contribution in [0.1, 0.15) is 11.1 Å². The van der Waals surface area contributed by atoms with Gasteiger partial charge in [-0.3, -0.25) is 4.90 Å². The van der Waals surface area contributed by atoms with Gasteiger partial charge in [0.25, 0.3) is 0 Å². The lowest BCUT2D eigenvalue weighted by Crippen LogP contribution is -2.45. The molecular weight excluding hydrogens is 448 g/mol. The average molecular weight is 477 g/mol. The zero-order valence-electron chi connectivity index (χ0n) is 19.2. The zero-order valence-corrected chi connectivity index (χ0v) is 20.0. The summed E-state index contributed by atoms with van der Waals surface area (Å²) in [5, 5.41) is 6.22. The third kappa shape index (κ3) is 4.42. The molecule has 7 nitrogen and oxygen atoms in total. The van der Waals surface area contributed by atoms with Crippen LogP contribution in [0, 0.1) is 0 Å². The van der Waals surface area contributed by atoms with E-state index in [0.29, 0.717) is 40.1 Å². The summed E-state index contributed by atoms with van der Waals surface area (Å²) in [6, 6.07) is 19.5. The lowest BCUT2D eigenvalue weighted by atomic mass is 10.1. The maximum absolute atomic E-state index is 6.89. The number of fused-ring (bicyclic) bond motifs is 1. The first-order valence-electron chi connectivity index (χ1n) is 11.5. The predicted octanol–water partition coefficient (Wildman–Crippen LogP) is 4.15. The second kappa shape index (κ2) is 9.54. The highest BCUT2D eigenvalue weighted by molar-refractivity contribution is 6.53. The fraction of sp³-hybridized carbons (Fsp3) is 0.269. The number of para-hydroxylation sites is 1. The molecule has 1 saturated heterocycles. The largest absolute Gasteiger partial charge is 0.454 e. The first-order chi connectivity index (χ1) is 16.5. The molecule has 4 aromatic rings. The van der Waals surface area contributed by atoms with Crippen molar-refractivity contribution in [1.82, 2.24) is 19.6 Å². The van der Waals surface area contributed by atoms with E-state index in [4.69, 9.17) is 32.6 Å².